The van der Waals surface area contributed by atoms with Crippen molar-refractivity contribution < 1.29 is 4.79 Å². The molecule has 8 heteroatoms. The zero-order valence-electron chi connectivity index (χ0n) is 18.5. The molecule has 0 atom stereocenters. The summed E-state index contributed by atoms with van der Waals surface area (Å²) in [7, 11) is 3.51. The second-order valence-electron chi connectivity index (χ2n) is 8.02. The van der Waals surface area contributed by atoms with E-state index < -0.39 is 0 Å². The summed E-state index contributed by atoms with van der Waals surface area (Å²) in [6, 6.07) is 18.7. The van der Waals surface area contributed by atoms with Gasteiger partial charge in [0.05, 0.1) is 39.8 Å². The lowest BCUT2D eigenvalue weighted by molar-refractivity contribution is 0.0783. The van der Waals surface area contributed by atoms with Crippen LogP contribution in [0.3, 0.4) is 0 Å². The number of carbonyl (C=O) groups is 1. The molecule has 1 amide bonds. The topological polar surface area (TPSA) is 96.8 Å². The van der Waals surface area contributed by atoms with E-state index in [1.165, 1.54) is 0 Å². The predicted molar refractivity (Wildman–Crippen MR) is 127 cm³/mol. The molecule has 5 rings (SSSR count). The molecule has 0 spiro atoms. The van der Waals surface area contributed by atoms with Gasteiger partial charge in [0.2, 0.25) is 0 Å². The molecule has 1 N–H and O–H groups in total. The Morgan fingerprint density at radius 2 is 1.79 bits per heavy atom. The van der Waals surface area contributed by atoms with Gasteiger partial charge < -0.3 is 9.88 Å². The van der Waals surface area contributed by atoms with Crippen molar-refractivity contribution >= 4 is 27.8 Å². The maximum absolute atomic E-state index is 13.6. The summed E-state index contributed by atoms with van der Waals surface area (Å²) in [6.45, 7) is 2.02. The average Bonchev–Trinajstić information content (AvgIpc) is 3.12. The Balaban J connectivity index is 1.57. The lowest BCUT2D eigenvalue weighted by Gasteiger charge is -2.18. The molecule has 33 heavy (non-hydrogen) atoms. The van der Waals surface area contributed by atoms with Crippen LogP contribution in [0.2, 0.25) is 0 Å². The molecule has 3 heterocycles. The van der Waals surface area contributed by atoms with Crippen LogP contribution >= 0.6 is 0 Å². The minimum Gasteiger partial charge on any atom is -0.334 e. The zero-order chi connectivity index (χ0) is 23.1. The van der Waals surface area contributed by atoms with Crippen LogP contribution in [0.4, 0.5) is 0 Å². The Labute approximate surface area is 189 Å². The number of rotatable bonds is 4. The van der Waals surface area contributed by atoms with Crippen LogP contribution in [0, 0.1) is 6.92 Å². The van der Waals surface area contributed by atoms with Gasteiger partial charge in [0.15, 0.2) is 5.65 Å². The molecular formula is C25H22N6O2. The molecule has 3 aromatic heterocycles. The van der Waals surface area contributed by atoms with E-state index in [1.807, 2.05) is 56.4 Å². The molecule has 0 aliphatic carbocycles. The first-order valence-electron chi connectivity index (χ1n) is 10.6. The van der Waals surface area contributed by atoms with E-state index >= 15 is 0 Å². The van der Waals surface area contributed by atoms with Gasteiger partial charge in [-0.1, -0.05) is 42.5 Å². The van der Waals surface area contributed by atoms with Crippen LogP contribution in [0.25, 0.3) is 33.2 Å². The Morgan fingerprint density at radius 1 is 1.06 bits per heavy atom. The van der Waals surface area contributed by atoms with Gasteiger partial charge in [-0.25, -0.2) is 9.97 Å². The fraction of sp³-hybridized carbons (Fsp3) is 0.160. The maximum Gasteiger partial charge on any atom is 0.258 e. The quantitative estimate of drug-likeness (QED) is 0.464. The molecule has 0 saturated carbocycles. The van der Waals surface area contributed by atoms with Crippen LogP contribution in [-0.4, -0.2) is 42.6 Å². The lowest BCUT2D eigenvalue weighted by atomic mass is 10.0. The largest absolute Gasteiger partial charge is 0.334 e. The van der Waals surface area contributed by atoms with Gasteiger partial charge in [-0.2, -0.15) is 5.10 Å². The number of pyridine rings is 1. The van der Waals surface area contributed by atoms with Gasteiger partial charge in [-0.3, -0.25) is 14.3 Å². The van der Waals surface area contributed by atoms with Crippen molar-refractivity contribution in [2.45, 2.75) is 13.5 Å². The van der Waals surface area contributed by atoms with Gasteiger partial charge in [-0.05, 0) is 25.1 Å². The Kier molecular flexibility index (Phi) is 4.97. The average molecular weight is 438 g/mol. The number of hydrogen-bond donors (Lipinski definition) is 1. The van der Waals surface area contributed by atoms with Crippen molar-refractivity contribution in [3.05, 3.63) is 88.1 Å². The van der Waals surface area contributed by atoms with Crippen molar-refractivity contribution in [3.8, 4) is 11.3 Å². The number of aromatic amines is 1. The van der Waals surface area contributed by atoms with Gasteiger partial charge in [0.1, 0.15) is 5.82 Å². The molecular weight excluding hydrogens is 416 g/mol. The van der Waals surface area contributed by atoms with Crippen molar-refractivity contribution in [1.82, 2.24) is 29.6 Å². The smallest absolute Gasteiger partial charge is 0.258 e. The third kappa shape index (κ3) is 3.65. The number of aromatic nitrogens is 5. The van der Waals surface area contributed by atoms with Crippen LogP contribution < -0.4 is 5.56 Å². The van der Waals surface area contributed by atoms with Crippen molar-refractivity contribution in [2.75, 3.05) is 7.05 Å². The normalized spacial score (nSPS) is 11.2. The number of nitrogens with zero attached hydrogens (tertiary/aromatic N) is 5. The molecule has 164 valence electrons. The highest BCUT2D eigenvalue weighted by molar-refractivity contribution is 6.07. The second-order valence-corrected chi connectivity index (χ2v) is 8.02. The summed E-state index contributed by atoms with van der Waals surface area (Å²) in [4.78, 5) is 39.6. The van der Waals surface area contributed by atoms with Crippen LogP contribution in [0.1, 0.15) is 21.9 Å². The van der Waals surface area contributed by atoms with Crippen LogP contribution in [0.5, 0.6) is 0 Å². The zero-order valence-corrected chi connectivity index (χ0v) is 18.5. The maximum atomic E-state index is 13.6. The molecule has 8 nitrogen and oxygen atoms in total. The number of para-hydroxylation sites is 1. The first kappa shape index (κ1) is 20.6. The standard InChI is InChI=1S/C25H22N6O2/c1-15-22-18(13-20(16-9-5-4-6-10-16)27-23(22)31(3)29-15)25(33)30(2)14-21-26-19-12-8-7-11-17(19)24(32)28-21/h4-13H,14H2,1-3H3,(H,26,28,32). The SMILES string of the molecule is Cc1nn(C)c2nc(-c3ccccc3)cc(C(=O)N(C)Cc3nc4ccccc4c(=O)[nH]3)c12. The summed E-state index contributed by atoms with van der Waals surface area (Å²) in [6.07, 6.45) is 0. The molecule has 2 aromatic carbocycles. The van der Waals surface area contributed by atoms with Crippen LogP contribution in [-0.2, 0) is 13.6 Å². The van der Waals surface area contributed by atoms with E-state index in [0.717, 1.165) is 11.3 Å². The first-order chi connectivity index (χ1) is 15.9. The van der Waals surface area contributed by atoms with Gasteiger partial charge in [0.25, 0.3) is 11.5 Å². The summed E-state index contributed by atoms with van der Waals surface area (Å²) in [5.74, 6) is 0.220. The highest BCUT2D eigenvalue weighted by Crippen LogP contribution is 2.27. The number of hydrogen-bond acceptors (Lipinski definition) is 5. The minimum atomic E-state index is -0.225. The number of benzene rings is 2. The Hall–Kier alpha value is -4.33. The molecule has 0 fully saturated rings. The fourth-order valence-electron chi connectivity index (χ4n) is 4.08. The highest BCUT2D eigenvalue weighted by Gasteiger charge is 2.22. The van der Waals surface area contributed by atoms with Crippen LogP contribution in [0.15, 0.2) is 65.5 Å². The number of H-pyrrole nitrogens is 1. The van der Waals surface area contributed by atoms with E-state index in [2.05, 4.69) is 15.1 Å². The van der Waals surface area contributed by atoms with E-state index in [-0.39, 0.29) is 18.0 Å². The number of aryl methyl sites for hydroxylation is 2. The molecule has 0 saturated heterocycles. The highest BCUT2D eigenvalue weighted by atomic mass is 16.2. The van der Waals surface area contributed by atoms with E-state index in [0.29, 0.717) is 39.0 Å². The fourth-order valence-corrected chi connectivity index (χ4v) is 4.08. The number of carbonyl (C=O) groups excluding carboxylic acids is 1. The molecule has 0 aliphatic rings. The predicted octanol–water partition coefficient (Wildman–Crippen LogP) is 3.45. The van der Waals surface area contributed by atoms with E-state index in [1.54, 1.807) is 34.8 Å². The summed E-state index contributed by atoms with van der Waals surface area (Å²) in [5.41, 5.74) is 3.86. The molecule has 0 unspecified atom stereocenters. The summed E-state index contributed by atoms with van der Waals surface area (Å²) >= 11 is 0. The minimum absolute atomic E-state index is 0.155. The monoisotopic (exact) mass is 438 g/mol. The van der Waals surface area contributed by atoms with Gasteiger partial charge in [0, 0.05) is 19.7 Å². The van der Waals surface area contributed by atoms with Crippen molar-refractivity contribution in [1.29, 1.82) is 0 Å². The molecule has 0 bridgehead atoms. The van der Waals surface area contributed by atoms with E-state index in [4.69, 9.17) is 4.98 Å². The third-order valence-corrected chi connectivity index (χ3v) is 5.66. The van der Waals surface area contributed by atoms with Gasteiger partial charge >= 0.3 is 0 Å². The summed E-state index contributed by atoms with van der Waals surface area (Å²) in [5, 5.41) is 5.72. The molecule has 0 aliphatic heterocycles. The first-order valence-corrected chi connectivity index (χ1v) is 10.6. The summed E-state index contributed by atoms with van der Waals surface area (Å²) < 4.78 is 1.69. The van der Waals surface area contributed by atoms with Gasteiger partial charge in [-0.15, -0.1) is 0 Å². The molecule has 5 aromatic rings. The number of nitrogens with one attached hydrogen (secondary N) is 1. The number of amides is 1. The molecule has 0 radical (unpaired) electrons. The Morgan fingerprint density at radius 3 is 2.58 bits per heavy atom. The van der Waals surface area contributed by atoms with Crippen molar-refractivity contribution in [2.24, 2.45) is 7.05 Å². The van der Waals surface area contributed by atoms with Crippen molar-refractivity contribution in [3.63, 3.8) is 0 Å². The third-order valence-electron chi connectivity index (χ3n) is 5.66. The second kappa shape index (κ2) is 7.98. The Bertz CT molecular complexity index is 1570. The van der Waals surface area contributed by atoms with E-state index in [9.17, 15) is 9.59 Å². The number of fused-ring (bicyclic) bond motifs is 2. The lowest BCUT2D eigenvalue weighted by Crippen LogP contribution is -2.28.